The summed E-state index contributed by atoms with van der Waals surface area (Å²) in [7, 11) is 0. The van der Waals surface area contributed by atoms with E-state index < -0.39 is 0 Å². The molecule has 1 aliphatic rings. The van der Waals surface area contributed by atoms with Gasteiger partial charge in [-0.2, -0.15) is 0 Å². The van der Waals surface area contributed by atoms with E-state index in [0.717, 1.165) is 6.61 Å². The quantitative estimate of drug-likeness (QED) is 0.823. The molecule has 0 radical (unpaired) electrons. The van der Waals surface area contributed by atoms with Crippen LogP contribution in [0.2, 0.25) is 0 Å². The van der Waals surface area contributed by atoms with Crippen molar-refractivity contribution in [3.05, 3.63) is 12.4 Å². The molecule has 15 heavy (non-hydrogen) atoms. The number of nitrogens with two attached hydrogens (primary N) is 1. The zero-order valence-electron chi connectivity index (χ0n) is 8.85. The van der Waals surface area contributed by atoms with E-state index in [4.69, 9.17) is 10.5 Å². The molecule has 2 rings (SSSR count). The van der Waals surface area contributed by atoms with Crippen LogP contribution in [0.15, 0.2) is 12.4 Å². The lowest BCUT2D eigenvalue weighted by Crippen LogP contribution is -2.16. The summed E-state index contributed by atoms with van der Waals surface area (Å²) in [6, 6.07) is 0.440. The van der Waals surface area contributed by atoms with E-state index >= 15 is 0 Å². The SMILES string of the molecule is Nc1cnc(OCC2CCCCC2)nc1. The van der Waals surface area contributed by atoms with Crippen LogP contribution in [0.25, 0.3) is 0 Å². The van der Waals surface area contributed by atoms with Crippen molar-refractivity contribution in [1.82, 2.24) is 9.97 Å². The number of nitrogen functional groups attached to an aromatic ring is 1. The first kappa shape index (κ1) is 10.2. The lowest BCUT2D eigenvalue weighted by atomic mass is 9.90. The van der Waals surface area contributed by atoms with Crippen molar-refractivity contribution in [2.45, 2.75) is 32.1 Å². The molecule has 1 saturated carbocycles. The van der Waals surface area contributed by atoms with Gasteiger partial charge in [0.25, 0.3) is 0 Å². The molecule has 0 bridgehead atoms. The molecule has 1 heterocycles. The molecule has 1 fully saturated rings. The third-order valence-electron chi connectivity index (χ3n) is 2.82. The molecule has 0 saturated heterocycles. The summed E-state index contributed by atoms with van der Waals surface area (Å²) in [5.74, 6) is 0.680. The fourth-order valence-electron chi connectivity index (χ4n) is 1.95. The minimum absolute atomic E-state index is 0.440. The van der Waals surface area contributed by atoms with Crippen molar-refractivity contribution in [3.63, 3.8) is 0 Å². The van der Waals surface area contributed by atoms with Gasteiger partial charge in [-0.3, -0.25) is 0 Å². The Balaban J connectivity index is 1.79. The Morgan fingerprint density at radius 3 is 2.53 bits per heavy atom. The fraction of sp³-hybridized carbons (Fsp3) is 0.636. The molecular formula is C11H17N3O. The van der Waals surface area contributed by atoms with Crippen LogP contribution in [0.4, 0.5) is 5.69 Å². The predicted octanol–water partition coefficient (Wildman–Crippen LogP) is 2.02. The van der Waals surface area contributed by atoms with Crippen LogP contribution in [0, 0.1) is 5.92 Å². The minimum Gasteiger partial charge on any atom is -0.463 e. The lowest BCUT2D eigenvalue weighted by molar-refractivity contribution is 0.196. The third kappa shape index (κ3) is 3.08. The Morgan fingerprint density at radius 2 is 1.87 bits per heavy atom. The first-order chi connectivity index (χ1) is 7.34. The van der Waals surface area contributed by atoms with Crippen molar-refractivity contribution in [2.24, 2.45) is 5.92 Å². The highest BCUT2D eigenvalue weighted by molar-refractivity contribution is 5.30. The van der Waals surface area contributed by atoms with Gasteiger partial charge in [0.05, 0.1) is 24.7 Å². The molecule has 1 aromatic heterocycles. The average Bonchev–Trinajstić information content (AvgIpc) is 2.30. The average molecular weight is 207 g/mol. The lowest BCUT2D eigenvalue weighted by Gasteiger charge is -2.20. The van der Waals surface area contributed by atoms with E-state index in [2.05, 4.69) is 9.97 Å². The van der Waals surface area contributed by atoms with Crippen molar-refractivity contribution in [2.75, 3.05) is 12.3 Å². The standard InChI is InChI=1S/C11H17N3O/c12-10-6-13-11(14-7-10)15-8-9-4-2-1-3-5-9/h6-7,9H,1-5,8,12H2. The monoisotopic (exact) mass is 207 g/mol. The molecular weight excluding hydrogens is 190 g/mol. The first-order valence-corrected chi connectivity index (χ1v) is 5.55. The second-order valence-electron chi connectivity index (χ2n) is 4.11. The smallest absolute Gasteiger partial charge is 0.316 e. The van der Waals surface area contributed by atoms with Gasteiger partial charge in [0.2, 0.25) is 0 Å². The largest absolute Gasteiger partial charge is 0.463 e. The van der Waals surface area contributed by atoms with Crippen molar-refractivity contribution >= 4 is 5.69 Å². The predicted molar refractivity (Wildman–Crippen MR) is 58.5 cm³/mol. The van der Waals surface area contributed by atoms with Gasteiger partial charge in [0.15, 0.2) is 0 Å². The maximum atomic E-state index is 5.52. The fourth-order valence-corrected chi connectivity index (χ4v) is 1.95. The van der Waals surface area contributed by atoms with Gasteiger partial charge in [-0.25, -0.2) is 9.97 Å². The van der Waals surface area contributed by atoms with E-state index in [1.165, 1.54) is 32.1 Å². The van der Waals surface area contributed by atoms with Crippen LogP contribution >= 0.6 is 0 Å². The van der Waals surface area contributed by atoms with Gasteiger partial charge in [-0.1, -0.05) is 19.3 Å². The topological polar surface area (TPSA) is 61.0 Å². The number of ether oxygens (including phenoxy) is 1. The van der Waals surface area contributed by atoms with E-state index in [1.54, 1.807) is 12.4 Å². The molecule has 1 aliphatic carbocycles. The van der Waals surface area contributed by atoms with E-state index in [0.29, 0.717) is 17.6 Å². The van der Waals surface area contributed by atoms with Crippen LogP contribution in [-0.4, -0.2) is 16.6 Å². The molecule has 0 unspecified atom stereocenters. The molecule has 82 valence electrons. The van der Waals surface area contributed by atoms with Gasteiger partial charge in [0.1, 0.15) is 0 Å². The molecule has 4 nitrogen and oxygen atoms in total. The number of rotatable bonds is 3. The zero-order valence-corrected chi connectivity index (χ0v) is 8.85. The zero-order chi connectivity index (χ0) is 10.5. The highest BCUT2D eigenvalue weighted by Gasteiger charge is 2.14. The second kappa shape index (κ2) is 4.96. The Bertz CT molecular complexity index is 293. The Labute approximate surface area is 89.9 Å². The maximum absolute atomic E-state index is 5.52. The summed E-state index contributed by atoms with van der Waals surface area (Å²) in [5.41, 5.74) is 6.05. The van der Waals surface area contributed by atoms with Gasteiger partial charge in [-0.05, 0) is 18.8 Å². The number of hydrogen-bond donors (Lipinski definition) is 1. The number of nitrogens with zero attached hydrogens (tertiary/aromatic N) is 2. The van der Waals surface area contributed by atoms with Crippen LogP contribution < -0.4 is 10.5 Å². The Kier molecular flexibility index (Phi) is 3.37. The highest BCUT2D eigenvalue weighted by atomic mass is 16.5. The van der Waals surface area contributed by atoms with Crippen molar-refractivity contribution in [1.29, 1.82) is 0 Å². The van der Waals surface area contributed by atoms with E-state index in [-0.39, 0.29) is 0 Å². The number of aromatic nitrogens is 2. The number of hydrogen-bond acceptors (Lipinski definition) is 4. The second-order valence-corrected chi connectivity index (χ2v) is 4.11. The van der Waals surface area contributed by atoms with Crippen LogP contribution in [0.3, 0.4) is 0 Å². The summed E-state index contributed by atoms with van der Waals surface area (Å²) in [5, 5.41) is 0. The van der Waals surface area contributed by atoms with Gasteiger partial charge in [-0.15, -0.1) is 0 Å². The summed E-state index contributed by atoms with van der Waals surface area (Å²) in [6.07, 6.45) is 9.72. The molecule has 4 heteroatoms. The molecule has 0 aromatic carbocycles. The van der Waals surface area contributed by atoms with E-state index in [1.807, 2.05) is 0 Å². The summed E-state index contributed by atoms with van der Waals surface area (Å²) < 4.78 is 5.52. The van der Waals surface area contributed by atoms with Crippen LogP contribution in [-0.2, 0) is 0 Å². The Hall–Kier alpha value is -1.32. The summed E-state index contributed by atoms with van der Waals surface area (Å²) >= 11 is 0. The van der Waals surface area contributed by atoms with Gasteiger partial charge < -0.3 is 10.5 Å². The third-order valence-corrected chi connectivity index (χ3v) is 2.82. The summed E-state index contributed by atoms with van der Waals surface area (Å²) in [6.45, 7) is 0.740. The van der Waals surface area contributed by atoms with Crippen molar-refractivity contribution < 1.29 is 4.74 Å². The van der Waals surface area contributed by atoms with Gasteiger partial charge >= 0.3 is 6.01 Å². The molecule has 0 aliphatic heterocycles. The van der Waals surface area contributed by atoms with Crippen LogP contribution in [0.5, 0.6) is 6.01 Å². The molecule has 2 N–H and O–H groups in total. The molecule has 1 aromatic rings. The van der Waals surface area contributed by atoms with Gasteiger partial charge in [0, 0.05) is 0 Å². The minimum atomic E-state index is 0.440. The number of anilines is 1. The molecule has 0 amide bonds. The van der Waals surface area contributed by atoms with Crippen LogP contribution in [0.1, 0.15) is 32.1 Å². The van der Waals surface area contributed by atoms with Crippen molar-refractivity contribution in [3.8, 4) is 6.01 Å². The van der Waals surface area contributed by atoms with E-state index in [9.17, 15) is 0 Å². The molecule has 0 spiro atoms. The maximum Gasteiger partial charge on any atom is 0.316 e. The highest BCUT2D eigenvalue weighted by Crippen LogP contribution is 2.23. The Morgan fingerprint density at radius 1 is 1.20 bits per heavy atom. The normalized spacial score (nSPS) is 17.6. The summed E-state index contributed by atoms with van der Waals surface area (Å²) in [4.78, 5) is 8.01. The first-order valence-electron chi connectivity index (χ1n) is 5.55. The molecule has 0 atom stereocenters.